The van der Waals surface area contributed by atoms with Gasteiger partial charge in [-0.1, -0.05) is 12.8 Å². The molecule has 0 saturated heterocycles. The number of hydrogen-bond donors (Lipinski definition) is 2. The molecule has 5 heteroatoms. The Hall–Kier alpha value is -1.20. The van der Waals surface area contributed by atoms with Gasteiger partial charge in [0.2, 0.25) is 5.95 Å². The maximum Gasteiger partial charge on any atom is 0.225 e. The van der Waals surface area contributed by atoms with Crippen molar-refractivity contribution in [1.82, 2.24) is 9.97 Å². The minimum atomic E-state index is -0.279. The number of rotatable bonds is 3. The first-order valence-electron chi connectivity index (χ1n) is 6.15. The first-order chi connectivity index (χ1) is 8.22. The van der Waals surface area contributed by atoms with Crippen LogP contribution in [-0.2, 0) is 6.54 Å². The summed E-state index contributed by atoms with van der Waals surface area (Å²) in [4.78, 5) is 10.6. The highest BCUT2D eigenvalue weighted by Crippen LogP contribution is 2.24. The molecule has 1 aromatic rings. The molecule has 1 aliphatic carbocycles. The second-order valence-electron chi connectivity index (χ2n) is 4.58. The monoisotopic (exact) mass is 236 g/mol. The minimum absolute atomic E-state index is 0.122. The lowest BCUT2D eigenvalue weighted by atomic mass is 9.92. The Labute approximate surface area is 102 Å². The van der Waals surface area contributed by atoms with Crippen molar-refractivity contribution in [3.63, 3.8) is 0 Å². The molecular formula is C12H20N4O. The van der Waals surface area contributed by atoms with E-state index in [2.05, 4.69) is 9.97 Å². The molecule has 1 fully saturated rings. The van der Waals surface area contributed by atoms with E-state index in [9.17, 15) is 5.11 Å². The normalized spacial score (nSPS) is 24.6. The number of aliphatic hydroxyl groups excluding tert-OH is 1. The van der Waals surface area contributed by atoms with Crippen LogP contribution in [0.15, 0.2) is 12.3 Å². The molecule has 1 aromatic heterocycles. The van der Waals surface area contributed by atoms with E-state index in [1.165, 1.54) is 0 Å². The number of hydrogen-bond acceptors (Lipinski definition) is 5. The van der Waals surface area contributed by atoms with Crippen LogP contribution in [0.4, 0.5) is 5.95 Å². The van der Waals surface area contributed by atoms with Crippen LogP contribution in [-0.4, -0.2) is 34.3 Å². The van der Waals surface area contributed by atoms with Crippen LogP contribution in [0, 0.1) is 0 Å². The number of likely N-dealkylation sites (N-methyl/N-ethyl adjacent to an activating group) is 1. The van der Waals surface area contributed by atoms with Gasteiger partial charge < -0.3 is 15.7 Å². The Bertz CT molecular complexity index is 371. The fraction of sp³-hybridized carbons (Fsp3) is 0.667. The third-order valence-electron chi connectivity index (χ3n) is 3.42. The van der Waals surface area contributed by atoms with Gasteiger partial charge in [-0.15, -0.1) is 0 Å². The van der Waals surface area contributed by atoms with Gasteiger partial charge in [0, 0.05) is 19.8 Å². The molecule has 0 amide bonds. The summed E-state index contributed by atoms with van der Waals surface area (Å²) in [5.74, 6) is 0.652. The van der Waals surface area contributed by atoms with E-state index < -0.39 is 0 Å². The molecule has 17 heavy (non-hydrogen) atoms. The topological polar surface area (TPSA) is 75.3 Å². The van der Waals surface area contributed by atoms with E-state index in [1.807, 2.05) is 18.0 Å². The Morgan fingerprint density at radius 3 is 2.94 bits per heavy atom. The van der Waals surface area contributed by atoms with Crippen molar-refractivity contribution in [1.29, 1.82) is 0 Å². The van der Waals surface area contributed by atoms with Crippen LogP contribution in [0.5, 0.6) is 0 Å². The molecule has 2 unspecified atom stereocenters. The Balaban J connectivity index is 2.14. The van der Waals surface area contributed by atoms with Gasteiger partial charge in [-0.3, -0.25) is 0 Å². The first kappa shape index (κ1) is 12.3. The van der Waals surface area contributed by atoms with Crippen molar-refractivity contribution >= 4 is 5.95 Å². The molecule has 0 aromatic carbocycles. The van der Waals surface area contributed by atoms with Gasteiger partial charge in [0.05, 0.1) is 17.8 Å². The molecular weight excluding hydrogens is 216 g/mol. The molecule has 0 spiro atoms. The van der Waals surface area contributed by atoms with Gasteiger partial charge >= 0.3 is 0 Å². The molecule has 1 heterocycles. The van der Waals surface area contributed by atoms with Crippen LogP contribution in [0.1, 0.15) is 31.4 Å². The predicted molar refractivity (Wildman–Crippen MR) is 66.6 cm³/mol. The summed E-state index contributed by atoms with van der Waals surface area (Å²) in [7, 11) is 1.94. The lowest BCUT2D eigenvalue weighted by molar-refractivity contribution is 0.105. The van der Waals surface area contributed by atoms with Crippen molar-refractivity contribution in [3.05, 3.63) is 18.0 Å². The standard InChI is InChI=1S/C12H20N4O/c1-16(10-4-2-3-5-11(10)17)12-14-7-6-9(8-13)15-12/h6-7,10-11,17H,2-5,8,13H2,1H3. The van der Waals surface area contributed by atoms with Gasteiger partial charge in [0.15, 0.2) is 0 Å². The van der Waals surface area contributed by atoms with Gasteiger partial charge in [0.25, 0.3) is 0 Å². The SMILES string of the molecule is CN(c1nccc(CN)n1)C1CCCCC1O. The van der Waals surface area contributed by atoms with Crippen molar-refractivity contribution in [2.24, 2.45) is 5.73 Å². The average Bonchev–Trinajstić information content (AvgIpc) is 2.38. The van der Waals surface area contributed by atoms with Gasteiger partial charge in [0.1, 0.15) is 0 Å². The van der Waals surface area contributed by atoms with Gasteiger partial charge in [-0.2, -0.15) is 0 Å². The highest BCUT2D eigenvalue weighted by atomic mass is 16.3. The zero-order valence-corrected chi connectivity index (χ0v) is 10.2. The van der Waals surface area contributed by atoms with Crippen molar-refractivity contribution in [2.45, 2.75) is 44.4 Å². The molecule has 1 aliphatic rings. The van der Waals surface area contributed by atoms with E-state index in [1.54, 1.807) is 6.20 Å². The van der Waals surface area contributed by atoms with Gasteiger partial charge in [-0.25, -0.2) is 9.97 Å². The predicted octanol–water partition coefficient (Wildman–Crippen LogP) is 0.675. The summed E-state index contributed by atoms with van der Waals surface area (Å²) >= 11 is 0. The fourth-order valence-electron chi connectivity index (χ4n) is 2.36. The Kier molecular flexibility index (Phi) is 3.91. The van der Waals surface area contributed by atoms with E-state index in [0.717, 1.165) is 31.4 Å². The average molecular weight is 236 g/mol. The third kappa shape index (κ3) is 2.73. The highest BCUT2D eigenvalue weighted by Gasteiger charge is 2.27. The summed E-state index contributed by atoms with van der Waals surface area (Å²) in [5, 5.41) is 10.0. The van der Waals surface area contributed by atoms with E-state index in [0.29, 0.717) is 12.5 Å². The van der Waals surface area contributed by atoms with Crippen LogP contribution in [0.2, 0.25) is 0 Å². The van der Waals surface area contributed by atoms with E-state index in [4.69, 9.17) is 5.73 Å². The second-order valence-corrected chi connectivity index (χ2v) is 4.58. The minimum Gasteiger partial charge on any atom is -0.391 e. The largest absolute Gasteiger partial charge is 0.391 e. The smallest absolute Gasteiger partial charge is 0.225 e. The lowest BCUT2D eigenvalue weighted by Gasteiger charge is -2.35. The van der Waals surface area contributed by atoms with E-state index >= 15 is 0 Å². The number of nitrogens with two attached hydrogens (primary N) is 1. The zero-order chi connectivity index (χ0) is 12.3. The van der Waals surface area contributed by atoms with Crippen LogP contribution >= 0.6 is 0 Å². The Morgan fingerprint density at radius 1 is 1.47 bits per heavy atom. The molecule has 0 radical (unpaired) electrons. The maximum atomic E-state index is 10.0. The van der Waals surface area contributed by atoms with Crippen LogP contribution in [0.25, 0.3) is 0 Å². The zero-order valence-electron chi connectivity index (χ0n) is 10.2. The number of anilines is 1. The molecule has 2 atom stereocenters. The van der Waals surface area contributed by atoms with Crippen molar-refractivity contribution in [3.8, 4) is 0 Å². The summed E-state index contributed by atoms with van der Waals surface area (Å²) < 4.78 is 0. The number of nitrogens with zero attached hydrogens (tertiary/aromatic N) is 3. The molecule has 2 rings (SSSR count). The maximum absolute atomic E-state index is 10.0. The van der Waals surface area contributed by atoms with Crippen LogP contribution < -0.4 is 10.6 Å². The molecule has 1 saturated carbocycles. The van der Waals surface area contributed by atoms with E-state index in [-0.39, 0.29) is 12.1 Å². The summed E-state index contributed by atoms with van der Waals surface area (Å²) in [6, 6.07) is 1.94. The molecule has 0 aliphatic heterocycles. The number of aromatic nitrogens is 2. The van der Waals surface area contributed by atoms with Crippen LogP contribution in [0.3, 0.4) is 0 Å². The lowest BCUT2D eigenvalue weighted by Crippen LogP contribution is -2.44. The Morgan fingerprint density at radius 2 is 2.24 bits per heavy atom. The highest BCUT2D eigenvalue weighted by molar-refractivity contribution is 5.31. The van der Waals surface area contributed by atoms with Gasteiger partial charge in [-0.05, 0) is 18.9 Å². The quantitative estimate of drug-likeness (QED) is 0.807. The summed E-state index contributed by atoms with van der Waals surface area (Å²) in [6.45, 7) is 0.413. The first-order valence-corrected chi connectivity index (χ1v) is 6.15. The van der Waals surface area contributed by atoms with Crippen molar-refractivity contribution in [2.75, 3.05) is 11.9 Å². The molecule has 3 N–H and O–H groups in total. The molecule has 94 valence electrons. The third-order valence-corrected chi connectivity index (χ3v) is 3.42. The second kappa shape index (κ2) is 5.42. The fourth-order valence-corrected chi connectivity index (χ4v) is 2.36. The summed E-state index contributed by atoms with van der Waals surface area (Å²) in [6.07, 6.45) is 5.56. The molecule has 0 bridgehead atoms. The molecule has 5 nitrogen and oxygen atoms in total. The number of aliphatic hydroxyl groups is 1. The van der Waals surface area contributed by atoms with Crippen molar-refractivity contribution < 1.29 is 5.11 Å². The summed E-state index contributed by atoms with van der Waals surface area (Å²) in [5.41, 5.74) is 6.39.